The summed E-state index contributed by atoms with van der Waals surface area (Å²) in [7, 11) is 0. The van der Waals surface area contributed by atoms with E-state index in [-0.39, 0.29) is 29.2 Å². The molecule has 18 heavy (non-hydrogen) atoms. The third kappa shape index (κ3) is 3.43. The summed E-state index contributed by atoms with van der Waals surface area (Å²) in [4.78, 5) is 0. The van der Waals surface area contributed by atoms with Crippen molar-refractivity contribution in [3.05, 3.63) is 27.7 Å². The van der Waals surface area contributed by atoms with E-state index in [2.05, 4.69) is 0 Å². The molecule has 1 aliphatic heterocycles. The lowest BCUT2D eigenvalue weighted by atomic mass is 9.87. The third-order valence-electron chi connectivity index (χ3n) is 3.19. The van der Waals surface area contributed by atoms with Gasteiger partial charge in [0.2, 0.25) is 0 Å². The fourth-order valence-corrected chi connectivity index (χ4v) is 2.68. The molecule has 0 spiro atoms. The molecule has 0 unspecified atom stereocenters. The molecule has 0 saturated carbocycles. The number of phenolic OH excluding ortho intramolecular Hbond substituents is 1. The zero-order chi connectivity index (χ0) is 12.4. The van der Waals surface area contributed by atoms with Gasteiger partial charge in [-0.1, -0.05) is 23.2 Å². The molecule has 2 rings (SSSR count). The van der Waals surface area contributed by atoms with Crippen molar-refractivity contribution < 1.29 is 9.84 Å². The Morgan fingerprint density at radius 3 is 2.50 bits per heavy atom. The predicted octanol–water partition coefficient (Wildman–Crippen LogP) is 3.55. The van der Waals surface area contributed by atoms with Crippen molar-refractivity contribution in [3.63, 3.8) is 0 Å². The van der Waals surface area contributed by atoms with Crippen LogP contribution in [0, 0.1) is 5.92 Å². The summed E-state index contributed by atoms with van der Waals surface area (Å²) in [5, 5.41) is 10.7. The molecule has 1 saturated heterocycles. The van der Waals surface area contributed by atoms with Gasteiger partial charge in [0.25, 0.3) is 0 Å². The van der Waals surface area contributed by atoms with Crippen LogP contribution in [0.15, 0.2) is 12.1 Å². The minimum Gasteiger partial charge on any atom is -0.506 e. The fourth-order valence-electron chi connectivity index (χ4n) is 2.17. The Kier molecular flexibility index (Phi) is 6.02. The first-order valence-corrected chi connectivity index (χ1v) is 6.36. The zero-order valence-electron chi connectivity index (χ0n) is 9.73. The zero-order valence-corrected chi connectivity index (χ0v) is 12.1. The van der Waals surface area contributed by atoms with E-state index in [1.165, 1.54) is 6.07 Å². The molecule has 1 aliphatic rings. The lowest BCUT2D eigenvalue weighted by Gasteiger charge is -2.28. The first-order chi connectivity index (χ1) is 8.09. The van der Waals surface area contributed by atoms with Crippen molar-refractivity contribution in [2.24, 2.45) is 11.7 Å². The van der Waals surface area contributed by atoms with Crippen LogP contribution >= 0.6 is 35.6 Å². The van der Waals surface area contributed by atoms with E-state index in [1.54, 1.807) is 6.07 Å². The van der Waals surface area contributed by atoms with Crippen LogP contribution in [0.3, 0.4) is 0 Å². The molecule has 1 heterocycles. The van der Waals surface area contributed by atoms with Gasteiger partial charge in [-0.3, -0.25) is 0 Å². The van der Waals surface area contributed by atoms with Gasteiger partial charge in [0, 0.05) is 29.8 Å². The predicted molar refractivity (Wildman–Crippen MR) is 75.8 cm³/mol. The molecular weight excluding hydrogens is 296 g/mol. The molecule has 6 heteroatoms. The molecule has 1 fully saturated rings. The second kappa shape index (κ2) is 6.83. The SMILES string of the molecule is Cl.N[C@H](c1cc(Cl)cc(Cl)c1O)C1CCOCC1. The smallest absolute Gasteiger partial charge is 0.139 e. The number of rotatable bonds is 2. The van der Waals surface area contributed by atoms with Gasteiger partial charge in [0.15, 0.2) is 0 Å². The van der Waals surface area contributed by atoms with Crippen molar-refractivity contribution in [1.82, 2.24) is 0 Å². The Bertz CT molecular complexity index is 409. The van der Waals surface area contributed by atoms with Gasteiger partial charge in [-0.25, -0.2) is 0 Å². The summed E-state index contributed by atoms with van der Waals surface area (Å²) in [5.74, 6) is 0.333. The summed E-state index contributed by atoms with van der Waals surface area (Å²) in [6.07, 6.45) is 1.79. The monoisotopic (exact) mass is 311 g/mol. The molecule has 0 aromatic heterocycles. The quantitative estimate of drug-likeness (QED) is 0.878. The fraction of sp³-hybridized carbons (Fsp3) is 0.500. The average Bonchev–Trinajstić information content (AvgIpc) is 2.34. The minimum absolute atomic E-state index is 0. The van der Waals surface area contributed by atoms with E-state index in [0.29, 0.717) is 29.7 Å². The highest BCUT2D eigenvalue weighted by atomic mass is 35.5. The van der Waals surface area contributed by atoms with Crippen molar-refractivity contribution in [2.75, 3.05) is 13.2 Å². The topological polar surface area (TPSA) is 55.5 Å². The van der Waals surface area contributed by atoms with Crippen molar-refractivity contribution in [3.8, 4) is 5.75 Å². The Labute approximate surface area is 123 Å². The van der Waals surface area contributed by atoms with E-state index in [9.17, 15) is 5.11 Å². The molecule has 0 radical (unpaired) electrons. The van der Waals surface area contributed by atoms with Crippen LogP contribution in [0.2, 0.25) is 10.0 Å². The minimum atomic E-state index is -0.255. The summed E-state index contributed by atoms with van der Waals surface area (Å²) in [6, 6.07) is 2.94. The molecule has 1 aromatic rings. The van der Waals surface area contributed by atoms with Crippen molar-refractivity contribution in [2.45, 2.75) is 18.9 Å². The Balaban J connectivity index is 0.00000162. The molecule has 102 valence electrons. The summed E-state index contributed by atoms with van der Waals surface area (Å²) in [5.41, 5.74) is 6.80. The first kappa shape index (κ1) is 15.9. The Hall–Kier alpha value is -0.190. The lowest BCUT2D eigenvalue weighted by Crippen LogP contribution is -2.27. The number of halogens is 3. The average molecular weight is 313 g/mol. The van der Waals surface area contributed by atoms with E-state index in [4.69, 9.17) is 33.7 Å². The van der Waals surface area contributed by atoms with Gasteiger partial charge in [0.1, 0.15) is 5.75 Å². The van der Waals surface area contributed by atoms with Crippen LogP contribution in [0.5, 0.6) is 5.75 Å². The molecule has 1 atom stereocenters. The van der Waals surface area contributed by atoms with E-state index in [0.717, 1.165) is 12.8 Å². The number of ether oxygens (including phenoxy) is 1. The maximum absolute atomic E-state index is 9.92. The second-order valence-corrected chi connectivity index (χ2v) is 5.14. The molecule has 0 aliphatic carbocycles. The van der Waals surface area contributed by atoms with Gasteiger partial charge >= 0.3 is 0 Å². The highest BCUT2D eigenvalue weighted by molar-refractivity contribution is 6.35. The number of hydrogen-bond acceptors (Lipinski definition) is 3. The lowest BCUT2D eigenvalue weighted by molar-refractivity contribution is 0.0581. The van der Waals surface area contributed by atoms with Crippen molar-refractivity contribution >= 4 is 35.6 Å². The molecular formula is C12H16Cl3NO2. The van der Waals surface area contributed by atoms with Crippen LogP contribution in [-0.2, 0) is 4.74 Å². The maximum Gasteiger partial charge on any atom is 0.139 e. The highest BCUT2D eigenvalue weighted by Crippen LogP contribution is 2.38. The van der Waals surface area contributed by atoms with Gasteiger partial charge in [-0.05, 0) is 30.9 Å². The third-order valence-corrected chi connectivity index (χ3v) is 3.70. The van der Waals surface area contributed by atoms with Gasteiger partial charge in [0.05, 0.1) is 5.02 Å². The van der Waals surface area contributed by atoms with Gasteiger partial charge in [-0.2, -0.15) is 0 Å². The van der Waals surface area contributed by atoms with Crippen LogP contribution in [0.4, 0.5) is 0 Å². The van der Waals surface area contributed by atoms with Crippen LogP contribution < -0.4 is 5.73 Å². The standard InChI is InChI=1S/C12H15Cl2NO2.ClH/c13-8-5-9(12(16)10(14)6-8)11(15)7-1-3-17-4-2-7;/h5-7,11,16H,1-4,15H2;1H/t11-;/m0./s1. The molecule has 3 N–H and O–H groups in total. The number of benzene rings is 1. The van der Waals surface area contributed by atoms with Crippen LogP contribution in [0.1, 0.15) is 24.4 Å². The van der Waals surface area contributed by atoms with Crippen molar-refractivity contribution in [1.29, 1.82) is 0 Å². The number of aromatic hydroxyl groups is 1. The van der Waals surface area contributed by atoms with E-state index < -0.39 is 0 Å². The van der Waals surface area contributed by atoms with Gasteiger partial charge < -0.3 is 15.6 Å². The molecule has 0 bridgehead atoms. The molecule has 1 aromatic carbocycles. The summed E-state index contributed by atoms with van der Waals surface area (Å²) >= 11 is 11.8. The summed E-state index contributed by atoms with van der Waals surface area (Å²) < 4.78 is 5.29. The number of nitrogens with two attached hydrogens (primary N) is 1. The number of phenols is 1. The van der Waals surface area contributed by atoms with Crippen LogP contribution in [0.25, 0.3) is 0 Å². The number of hydrogen-bond donors (Lipinski definition) is 2. The first-order valence-electron chi connectivity index (χ1n) is 5.61. The normalized spacial score (nSPS) is 18.2. The molecule has 0 amide bonds. The Morgan fingerprint density at radius 1 is 1.28 bits per heavy atom. The summed E-state index contributed by atoms with van der Waals surface area (Å²) in [6.45, 7) is 1.43. The van der Waals surface area contributed by atoms with Gasteiger partial charge in [-0.15, -0.1) is 12.4 Å². The molecule has 3 nitrogen and oxygen atoms in total. The Morgan fingerprint density at radius 2 is 1.89 bits per heavy atom. The van der Waals surface area contributed by atoms with Crippen LogP contribution in [-0.4, -0.2) is 18.3 Å². The maximum atomic E-state index is 9.92. The van der Waals surface area contributed by atoms with E-state index in [1.807, 2.05) is 0 Å². The largest absolute Gasteiger partial charge is 0.506 e. The van der Waals surface area contributed by atoms with E-state index >= 15 is 0 Å². The highest BCUT2D eigenvalue weighted by Gasteiger charge is 2.25. The second-order valence-electron chi connectivity index (χ2n) is 4.30.